The molecule has 0 fully saturated rings. The number of aromatic nitrogens is 1. The summed E-state index contributed by atoms with van der Waals surface area (Å²) in [6.07, 6.45) is -3.96. The highest BCUT2D eigenvalue weighted by Crippen LogP contribution is 2.35. The Morgan fingerprint density at radius 2 is 1.95 bits per heavy atom. The van der Waals surface area contributed by atoms with Crippen LogP contribution in [0.15, 0.2) is 36.5 Å². The van der Waals surface area contributed by atoms with E-state index in [1.54, 1.807) is 12.1 Å². The van der Waals surface area contributed by atoms with Gasteiger partial charge in [0.05, 0.1) is 12.7 Å². The van der Waals surface area contributed by atoms with Gasteiger partial charge in [0.25, 0.3) is 0 Å². The number of halogens is 4. The molecule has 0 aliphatic carbocycles. The minimum Gasteiger partial charge on any atom is -0.465 e. The largest absolute Gasteiger partial charge is 0.465 e. The van der Waals surface area contributed by atoms with E-state index in [0.717, 1.165) is 0 Å². The first-order valence-electron chi connectivity index (χ1n) is 5.91. The second-order valence-electron chi connectivity index (χ2n) is 4.10. The Balaban J connectivity index is 2.34. The molecule has 8 heteroatoms. The molecule has 0 unspecified atom stereocenters. The molecular formula is C14H9ClF3NO3. The molecule has 1 aromatic carbocycles. The molecule has 0 saturated heterocycles. The summed E-state index contributed by atoms with van der Waals surface area (Å²) in [6.45, 7) is 0. The van der Waals surface area contributed by atoms with Gasteiger partial charge in [-0.2, -0.15) is 13.2 Å². The van der Waals surface area contributed by atoms with Gasteiger partial charge in [-0.15, -0.1) is 0 Å². The Hall–Kier alpha value is -2.28. The lowest BCUT2D eigenvalue weighted by Gasteiger charge is -2.11. The zero-order chi connectivity index (χ0) is 16.3. The Morgan fingerprint density at radius 1 is 1.27 bits per heavy atom. The van der Waals surface area contributed by atoms with Crippen molar-refractivity contribution in [1.82, 2.24) is 4.98 Å². The van der Waals surface area contributed by atoms with Gasteiger partial charge in [-0.3, -0.25) is 0 Å². The van der Waals surface area contributed by atoms with Crippen LogP contribution in [0.3, 0.4) is 0 Å². The normalized spacial score (nSPS) is 11.1. The smallest absolute Gasteiger partial charge is 0.417 e. The van der Waals surface area contributed by atoms with Crippen molar-refractivity contribution in [3.63, 3.8) is 0 Å². The molecule has 2 aromatic rings. The van der Waals surface area contributed by atoms with Gasteiger partial charge in [0.2, 0.25) is 5.88 Å². The van der Waals surface area contributed by atoms with Crippen LogP contribution in [0, 0.1) is 0 Å². The third-order valence-corrected chi connectivity index (χ3v) is 2.90. The van der Waals surface area contributed by atoms with Gasteiger partial charge in [-0.1, -0.05) is 23.7 Å². The lowest BCUT2D eigenvalue weighted by atomic mass is 10.2. The van der Waals surface area contributed by atoms with Crippen molar-refractivity contribution < 1.29 is 27.4 Å². The van der Waals surface area contributed by atoms with Crippen molar-refractivity contribution in [2.45, 2.75) is 6.18 Å². The molecule has 0 aliphatic rings. The summed E-state index contributed by atoms with van der Waals surface area (Å²) in [5.74, 6) is -0.826. The zero-order valence-electron chi connectivity index (χ0n) is 11.1. The molecule has 0 atom stereocenters. The van der Waals surface area contributed by atoms with Crippen molar-refractivity contribution in [2.24, 2.45) is 0 Å². The molecule has 116 valence electrons. The molecule has 0 spiro atoms. The number of carbonyl (C=O) groups excluding carboxylic acids is 1. The third kappa shape index (κ3) is 3.48. The van der Waals surface area contributed by atoms with Crippen LogP contribution in [0.2, 0.25) is 5.02 Å². The number of pyridine rings is 1. The van der Waals surface area contributed by atoms with Crippen LogP contribution >= 0.6 is 11.6 Å². The maximum atomic E-state index is 12.5. The van der Waals surface area contributed by atoms with Gasteiger partial charge in [0.15, 0.2) is 0 Å². The third-order valence-electron chi connectivity index (χ3n) is 2.63. The first kappa shape index (κ1) is 16.1. The summed E-state index contributed by atoms with van der Waals surface area (Å²) in [6, 6.07) is 6.76. The molecule has 22 heavy (non-hydrogen) atoms. The van der Waals surface area contributed by atoms with Gasteiger partial charge >= 0.3 is 12.1 Å². The minimum atomic E-state index is -4.56. The van der Waals surface area contributed by atoms with E-state index in [-0.39, 0.29) is 22.2 Å². The first-order chi connectivity index (χ1) is 10.3. The van der Waals surface area contributed by atoms with Crippen LogP contribution in [0.1, 0.15) is 15.9 Å². The van der Waals surface area contributed by atoms with Crippen LogP contribution < -0.4 is 4.74 Å². The number of para-hydroxylation sites is 1. The molecule has 2 rings (SSSR count). The first-order valence-corrected chi connectivity index (χ1v) is 6.28. The Bertz CT molecular complexity index is 704. The molecule has 0 radical (unpaired) electrons. The minimum absolute atomic E-state index is 0.0727. The monoisotopic (exact) mass is 331 g/mol. The fourth-order valence-corrected chi connectivity index (χ4v) is 1.80. The topological polar surface area (TPSA) is 48.4 Å². The van der Waals surface area contributed by atoms with E-state index >= 15 is 0 Å². The number of ether oxygens (including phenoxy) is 2. The van der Waals surface area contributed by atoms with Crippen molar-refractivity contribution in [3.05, 3.63) is 52.7 Å². The number of esters is 1. The number of benzene rings is 1. The van der Waals surface area contributed by atoms with E-state index in [2.05, 4.69) is 9.72 Å². The van der Waals surface area contributed by atoms with Crippen LogP contribution in [0.4, 0.5) is 13.2 Å². The van der Waals surface area contributed by atoms with Gasteiger partial charge in [-0.25, -0.2) is 9.78 Å². The maximum absolute atomic E-state index is 12.5. The van der Waals surface area contributed by atoms with Crippen LogP contribution in [0.5, 0.6) is 11.6 Å². The Morgan fingerprint density at radius 3 is 2.55 bits per heavy atom. The summed E-state index contributed by atoms with van der Waals surface area (Å²) >= 11 is 5.75. The summed E-state index contributed by atoms with van der Waals surface area (Å²) in [5, 5.41) is -0.325. The highest BCUT2D eigenvalue weighted by molar-refractivity contribution is 6.31. The molecule has 0 saturated carbocycles. The van der Waals surface area contributed by atoms with E-state index < -0.39 is 17.7 Å². The number of alkyl halides is 3. The van der Waals surface area contributed by atoms with E-state index in [4.69, 9.17) is 16.3 Å². The molecule has 0 aliphatic heterocycles. The van der Waals surface area contributed by atoms with E-state index in [0.29, 0.717) is 12.3 Å². The van der Waals surface area contributed by atoms with Crippen LogP contribution in [-0.2, 0) is 10.9 Å². The van der Waals surface area contributed by atoms with Gasteiger partial charge in [0.1, 0.15) is 16.3 Å². The highest BCUT2D eigenvalue weighted by Gasteiger charge is 2.32. The number of methoxy groups -OCH3 is 1. The van der Waals surface area contributed by atoms with Gasteiger partial charge < -0.3 is 9.47 Å². The van der Waals surface area contributed by atoms with E-state index in [9.17, 15) is 18.0 Å². The van der Waals surface area contributed by atoms with Crippen LogP contribution in [-0.4, -0.2) is 18.1 Å². The molecule has 1 heterocycles. The lowest BCUT2D eigenvalue weighted by molar-refractivity contribution is -0.137. The Kier molecular flexibility index (Phi) is 4.56. The summed E-state index contributed by atoms with van der Waals surface area (Å²) < 4.78 is 47.5. The SMILES string of the molecule is COC(=O)c1ccccc1Oc1ncc(C(F)(F)F)cc1Cl. The number of rotatable bonds is 3. The lowest BCUT2D eigenvalue weighted by Crippen LogP contribution is -2.07. The average molecular weight is 332 g/mol. The van der Waals surface area contributed by atoms with Crippen molar-refractivity contribution in [1.29, 1.82) is 0 Å². The maximum Gasteiger partial charge on any atom is 0.417 e. The van der Waals surface area contributed by atoms with Gasteiger partial charge in [0, 0.05) is 6.20 Å². The predicted octanol–water partition coefficient (Wildman–Crippen LogP) is 4.33. The van der Waals surface area contributed by atoms with Crippen molar-refractivity contribution in [3.8, 4) is 11.6 Å². The van der Waals surface area contributed by atoms with Gasteiger partial charge in [-0.05, 0) is 18.2 Å². The molecule has 1 aromatic heterocycles. The quantitative estimate of drug-likeness (QED) is 0.785. The molecular weight excluding hydrogens is 323 g/mol. The Labute approximate surface area is 128 Å². The molecule has 0 amide bonds. The predicted molar refractivity (Wildman–Crippen MR) is 72.1 cm³/mol. The fourth-order valence-electron chi connectivity index (χ4n) is 1.59. The summed E-state index contributed by atoms with van der Waals surface area (Å²) in [5.41, 5.74) is -0.895. The van der Waals surface area contributed by atoms with Crippen molar-refractivity contribution >= 4 is 17.6 Å². The molecule has 0 N–H and O–H groups in total. The second kappa shape index (κ2) is 6.23. The van der Waals surface area contributed by atoms with E-state index in [1.165, 1.54) is 19.2 Å². The number of nitrogens with zero attached hydrogens (tertiary/aromatic N) is 1. The number of hydrogen-bond donors (Lipinski definition) is 0. The van der Waals surface area contributed by atoms with Crippen molar-refractivity contribution in [2.75, 3.05) is 7.11 Å². The number of hydrogen-bond acceptors (Lipinski definition) is 4. The van der Waals surface area contributed by atoms with Crippen LogP contribution in [0.25, 0.3) is 0 Å². The molecule has 4 nitrogen and oxygen atoms in total. The highest BCUT2D eigenvalue weighted by atomic mass is 35.5. The number of carbonyl (C=O) groups is 1. The van der Waals surface area contributed by atoms with E-state index in [1.807, 2.05) is 0 Å². The average Bonchev–Trinajstić information content (AvgIpc) is 2.48. The summed E-state index contributed by atoms with van der Waals surface area (Å²) in [7, 11) is 1.20. The summed E-state index contributed by atoms with van der Waals surface area (Å²) in [4.78, 5) is 15.1. The molecule has 0 bridgehead atoms. The standard InChI is InChI=1S/C14H9ClF3NO3/c1-21-13(20)9-4-2-3-5-11(9)22-12-10(15)6-8(7-19-12)14(16,17)18/h2-7H,1H3. The fraction of sp³-hybridized carbons (Fsp3) is 0.143. The zero-order valence-corrected chi connectivity index (χ0v) is 11.9. The second-order valence-corrected chi connectivity index (χ2v) is 4.51.